The van der Waals surface area contributed by atoms with Crippen molar-refractivity contribution in [1.82, 2.24) is 4.98 Å². The predicted octanol–water partition coefficient (Wildman–Crippen LogP) is 1.05. The number of aryl methyl sites for hydroxylation is 2. The molecule has 0 fully saturated rings. The maximum Gasteiger partial charge on any atom is 0.0632 e. The van der Waals surface area contributed by atoms with Crippen LogP contribution in [0.5, 0.6) is 0 Å². The lowest BCUT2D eigenvalue weighted by molar-refractivity contribution is 0.685. The van der Waals surface area contributed by atoms with Crippen LogP contribution in [0.1, 0.15) is 11.3 Å². The van der Waals surface area contributed by atoms with E-state index in [2.05, 4.69) is 4.98 Å². The maximum absolute atomic E-state index is 11.4. The summed E-state index contributed by atoms with van der Waals surface area (Å²) >= 11 is 0. The average molecular weight is 167 g/mol. The SMILES string of the molecule is Cc1nccc2c1S(=O)CC2. The highest BCUT2D eigenvalue weighted by Gasteiger charge is 2.19. The molecule has 2 rings (SSSR count). The fourth-order valence-electron chi connectivity index (χ4n) is 1.42. The number of nitrogens with zero attached hydrogens (tertiary/aromatic N) is 1. The van der Waals surface area contributed by atoms with Gasteiger partial charge < -0.3 is 0 Å². The van der Waals surface area contributed by atoms with Crippen molar-refractivity contribution >= 4 is 10.8 Å². The van der Waals surface area contributed by atoms with Crippen LogP contribution in [-0.4, -0.2) is 14.9 Å². The molecule has 3 heteroatoms. The molecule has 0 radical (unpaired) electrons. The Morgan fingerprint density at radius 2 is 2.45 bits per heavy atom. The Balaban J connectivity index is 2.68. The van der Waals surface area contributed by atoms with Crippen LogP contribution in [0, 0.1) is 6.92 Å². The summed E-state index contributed by atoms with van der Waals surface area (Å²) in [7, 11) is -0.772. The summed E-state index contributed by atoms with van der Waals surface area (Å²) in [4.78, 5) is 5.09. The summed E-state index contributed by atoms with van der Waals surface area (Å²) in [6.07, 6.45) is 2.74. The average Bonchev–Trinajstić information content (AvgIpc) is 2.34. The monoisotopic (exact) mass is 167 g/mol. The minimum Gasteiger partial charge on any atom is -0.260 e. The molecule has 1 aliphatic heterocycles. The van der Waals surface area contributed by atoms with Gasteiger partial charge in [0.25, 0.3) is 0 Å². The summed E-state index contributed by atoms with van der Waals surface area (Å²) in [5.74, 6) is 0.780. The zero-order valence-corrected chi connectivity index (χ0v) is 7.15. The molecular formula is C8H9NOS. The van der Waals surface area contributed by atoms with Gasteiger partial charge in [-0.2, -0.15) is 0 Å². The topological polar surface area (TPSA) is 30.0 Å². The lowest BCUT2D eigenvalue weighted by Gasteiger charge is -1.98. The van der Waals surface area contributed by atoms with Gasteiger partial charge >= 0.3 is 0 Å². The first kappa shape index (κ1) is 6.98. The molecule has 0 saturated carbocycles. The van der Waals surface area contributed by atoms with Crippen molar-refractivity contribution in [2.24, 2.45) is 0 Å². The summed E-state index contributed by atoms with van der Waals surface area (Å²) in [6.45, 7) is 1.92. The Labute approximate surface area is 68.1 Å². The molecule has 1 atom stereocenters. The lowest BCUT2D eigenvalue weighted by Crippen LogP contribution is -1.92. The smallest absolute Gasteiger partial charge is 0.0632 e. The number of hydrogen-bond donors (Lipinski definition) is 0. The van der Waals surface area contributed by atoms with E-state index in [0.717, 1.165) is 22.8 Å². The van der Waals surface area contributed by atoms with Gasteiger partial charge in [0.1, 0.15) is 0 Å². The summed E-state index contributed by atoms with van der Waals surface area (Å²) < 4.78 is 11.4. The second-order valence-electron chi connectivity index (χ2n) is 2.68. The molecule has 58 valence electrons. The molecule has 1 aliphatic rings. The Bertz CT molecular complexity index is 322. The third kappa shape index (κ3) is 0.997. The molecule has 1 aromatic rings. The van der Waals surface area contributed by atoms with Crippen LogP contribution >= 0.6 is 0 Å². The number of fused-ring (bicyclic) bond motifs is 1. The van der Waals surface area contributed by atoms with E-state index in [0.29, 0.717) is 0 Å². The second kappa shape index (κ2) is 2.41. The molecule has 2 nitrogen and oxygen atoms in total. The first-order chi connectivity index (χ1) is 5.29. The number of pyridine rings is 1. The third-order valence-electron chi connectivity index (χ3n) is 1.95. The fourth-order valence-corrected chi connectivity index (χ4v) is 2.87. The largest absolute Gasteiger partial charge is 0.260 e. The zero-order chi connectivity index (χ0) is 7.84. The van der Waals surface area contributed by atoms with E-state index < -0.39 is 10.8 Å². The van der Waals surface area contributed by atoms with Crippen LogP contribution in [0.3, 0.4) is 0 Å². The molecule has 0 spiro atoms. The van der Waals surface area contributed by atoms with E-state index in [9.17, 15) is 4.21 Å². The summed E-state index contributed by atoms with van der Waals surface area (Å²) in [6, 6.07) is 1.97. The Hall–Kier alpha value is -0.700. The standard InChI is InChI=1S/C8H9NOS/c1-6-8-7(2-4-9-6)3-5-11(8)10/h2,4H,3,5H2,1H3. The highest BCUT2D eigenvalue weighted by molar-refractivity contribution is 7.85. The minimum absolute atomic E-state index is 0.772. The van der Waals surface area contributed by atoms with Crippen LogP contribution in [0.4, 0.5) is 0 Å². The first-order valence-electron chi connectivity index (χ1n) is 3.62. The lowest BCUT2D eigenvalue weighted by atomic mass is 10.2. The minimum atomic E-state index is -0.772. The van der Waals surface area contributed by atoms with Crippen LogP contribution in [0.2, 0.25) is 0 Å². The van der Waals surface area contributed by atoms with Gasteiger partial charge in [-0.25, -0.2) is 0 Å². The molecule has 0 bridgehead atoms. The van der Waals surface area contributed by atoms with Crippen molar-refractivity contribution in [3.8, 4) is 0 Å². The van der Waals surface area contributed by atoms with E-state index >= 15 is 0 Å². The van der Waals surface area contributed by atoms with Gasteiger partial charge in [0.05, 0.1) is 21.4 Å². The van der Waals surface area contributed by atoms with Crippen molar-refractivity contribution in [3.63, 3.8) is 0 Å². The van der Waals surface area contributed by atoms with Gasteiger partial charge in [-0.3, -0.25) is 9.19 Å². The summed E-state index contributed by atoms with van der Waals surface area (Å²) in [5, 5.41) is 0. The van der Waals surface area contributed by atoms with E-state index in [1.54, 1.807) is 6.20 Å². The number of aromatic nitrogens is 1. The van der Waals surface area contributed by atoms with Gasteiger partial charge in [0.2, 0.25) is 0 Å². The van der Waals surface area contributed by atoms with Crippen LogP contribution in [0.15, 0.2) is 17.2 Å². The molecule has 11 heavy (non-hydrogen) atoms. The van der Waals surface area contributed by atoms with Crippen molar-refractivity contribution < 1.29 is 4.21 Å². The molecule has 1 aromatic heterocycles. The van der Waals surface area contributed by atoms with Gasteiger partial charge in [-0.15, -0.1) is 0 Å². The van der Waals surface area contributed by atoms with Crippen LogP contribution in [-0.2, 0) is 17.2 Å². The Morgan fingerprint density at radius 1 is 1.64 bits per heavy atom. The molecule has 0 aliphatic carbocycles. The Morgan fingerprint density at radius 3 is 3.18 bits per heavy atom. The van der Waals surface area contributed by atoms with Gasteiger partial charge in [0, 0.05) is 11.9 Å². The second-order valence-corrected chi connectivity index (χ2v) is 4.19. The Kier molecular flexibility index (Phi) is 1.53. The van der Waals surface area contributed by atoms with Crippen LogP contribution < -0.4 is 0 Å². The molecular weight excluding hydrogens is 158 g/mol. The first-order valence-corrected chi connectivity index (χ1v) is 4.94. The number of hydrogen-bond acceptors (Lipinski definition) is 2. The van der Waals surface area contributed by atoms with Gasteiger partial charge in [0.15, 0.2) is 0 Å². The number of rotatable bonds is 0. The molecule has 0 saturated heterocycles. The van der Waals surface area contributed by atoms with Crippen LogP contribution in [0.25, 0.3) is 0 Å². The molecule has 1 unspecified atom stereocenters. The zero-order valence-electron chi connectivity index (χ0n) is 6.33. The highest BCUT2D eigenvalue weighted by atomic mass is 32.2. The van der Waals surface area contributed by atoms with Gasteiger partial charge in [-0.1, -0.05) is 0 Å². The molecule has 0 aromatic carbocycles. The highest BCUT2D eigenvalue weighted by Crippen LogP contribution is 2.23. The van der Waals surface area contributed by atoms with E-state index in [1.807, 2.05) is 13.0 Å². The maximum atomic E-state index is 11.4. The molecule has 0 amide bonds. The van der Waals surface area contributed by atoms with Crippen molar-refractivity contribution in [2.45, 2.75) is 18.2 Å². The van der Waals surface area contributed by atoms with E-state index in [1.165, 1.54) is 5.56 Å². The van der Waals surface area contributed by atoms with E-state index in [-0.39, 0.29) is 0 Å². The quantitative estimate of drug-likeness (QED) is 0.578. The molecule has 0 N–H and O–H groups in total. The van der Waals surface area contributed by atoms with Gasteiger partial charge in [-0.05, 0) is 25.0 Å². The van der Waals surface area contributed by atoms with Crippen molar-refractivity contribution in [3.05, 3.63) is 23.5 Å². The fraction of sp³-hybridized carbons (Fsp3) is 0.375. The predicted molar refractivity (Wildman–Crippen MR) is 44.0 cm³/mol. The molecule has 2 heterocycles. The normalized spacial score (nSPS) is 21.7. The van der Waals surface area contributed by atoms with Crippen molar-refractivity contribution in [2.75, 3.05) is 5.75 Å². The third-order valence-corrected chi connectivity index (χ3v) is 3.54. The van der Waals surface area contributed by atoms with Crippen molar-refractivity contribution in [1.29, 1.82) is 0 Å². The van der Waals surface area contributed by atoms with E-state index in [4.69, 9.17) is 0 Å². The summed E-state index contributed by atoms with van der Waals surface area (Å²) in [5.41, 5.74) is 2.15.